The van der Waals surface area contributed by atoms with E-state index in [1.54, 1.807) is 9.47 Å². The van der Waals surface area contributed by atoms with Crippen LogP contribution in [0, 0.1) is 5.92 Å². The number of anilines is 1. The average molecular weight is 672 g/mol. The van der Waals surface area contributed by atoms with E-state index < -0.39 is 34.8 Å². The van der Waals surface area contributed by atoms with E-state index in [1.807, 2.05) is 20.8 Å². The zero-order valence-corrected chi connectivity index (χ0v) is 25.2. The summed E-state index contributed by atoms with van der Waals surface area (Å²) in [5.41, 5.74) is -1.02. The van der Waals surface area contributed by atoms with E-state index >= 15 is 0 Å². The van der Waals surface area contributed by atoms with Crippen molar-refractivity contribution >= 4 is 51.0 Å². The highest BCUT2D eigenvalue weighted by molar-refractivity contribution is 9.10. The Labute approximate surface area is 251 Å². The van der Waals surface area contributed by atoms with E-state index in [-0.39, 0.29) is 45.2 Å². The third kappa shape index (κ3) is 4.85. The number of alkyl halides is 3. The number of ether oxygens (including phenoxy) is 1. The number of aromatic nitrogens is 4. The average Bonchev–Trinajstić information content (AvgIpc) is 3.51. The van der Waals surface area contributed by atoms with Gasteiger partial charge in [0, 0.05) is 35.7 Å². The van der Waals surface area contributed by atoms with Crippen LogP contribution in [0.4, 0.5) is 23.7 Å². The molecule has 1 N–H and O–H groups in total. The number of fused-ring (bicyclic) bond motifs is 6. The van der Waals surface area contributed by atoms with E-state index in [1.165, 1.54) is 4.52 Å². The van der Waals surface area contributed by atoms with Crippen LogP contribution >= 0.6 is 27.5 Å². The molecule has 3 aromatic rings. The number of likely N-dealkylation sites (tertiary alicyclic amines) is 1. The SMILES string of the molecule is CC(C)(C)OC(=O)N1CCC2(CC1)c1c(n(CC(=O)Nc3ccc(C(F)(F)F)cc3Cl)c3nc(Br)nn3c1=O)C1CC12. The zero-order chi connectivity index (χ0) is 30.4. The van der Waals surface area contributed by atoms with Crippen LogP contribution in [0.3, 0.4) is 0 Å². The molecule has 0 bridgehead atoms. The maximum Gasteiger partial charge on any atom is 0.416 e. The number of nitrogens with one attached hydrogen (secondary N) is 1. The molecule has 1 saturated carbocycles. The molecule has 224 valence electrons. The molecule has 1 aromatic carbocycles. The predicted molar refractivity (Wildman–Crippen MR) is 150 cm³/mol. The summed E-state index contributed by atoms with van der Waals surface area (Å²) in [6.45, 7) is 6.00. The van der Waals surface area contributed by atoms with Crippen LogP contribution in [0.2, 0.25) is 5.02 Å². The van der Waals surface area contributed by atoms with Crippen molar-refractivity contribution in [2.45, 2.75) is 69.7 Å². The van der Waals surface area contributed by atoms with Crippen molar-refractivity contribution in [3.63, 3.8) is 0 Å². The molecule has 6 rings (SSSR count). The van der Waals surface area contributed by atoms with Crippen molar-refractivity contribution in [1.29, 1.82) is 0 Å². The van der Waals surface area contributed by atoms with Gasteiger partial charge in [0.1, 0.15) is 12.1 Å². The second-order valence-electron chi connectivity index (χ2n) is 12.1. The lowest BCUT2D eigenvalue weighted by Gasteiger charge is -2.41. The summed E-state index contributed by atoms with van der Waals surface area (Å²) in [5.74, 6) is -0.173. The number of hydrogen-bond acceptors (Lipinski definition) is 6. The molecule has 1 spiro atoms. The van der Waals surface area contributed by atoms with E-state index in [0.717, 1.165) is 30.3 Å². The van der Waals surface area contributed by atoms with Gasteiger partial charge in [-0.15, -0.1) is 5.10 Å². The van der Waals surface area contributed by atoms with Gasteiger partial charge in [0.2, 0.25) is 16.4 Å². The molecule has 0 radical (unpaired) electrons. The van der Waals surface area contributed by atoms with Crippen molar-refractivity contribution in [2.75, 3.05) is 18.4 Å². The van der Waals surface area contributed by atoms with Crippen LogP contribution in [0.1, 0.15) is 62.8 Å². The number of carbonyl (C=O) groups is 2. The third-order valence-corrected chi connectivity index (χ3v) is 8.94. The largest absolute Gasteiger partial charge is 0.444 e. The maximum absolute atomic E-state index is 13.9. The molecule has 2 aliphatic carbocycles. The van der Waals surface area contributed by atoms with Crippen LogP contribution in [0.5, 0.6) is 0 Å². The van der Waals surface area contributed by atoms with Crippen molar-refractivity contribution in [3.8, 4) is 0 Å². The monoisotopic (exact) mass is 670 g/mol. The molecule has 2 aromatic heterocycles. The fourth-order valence-corrected chi connectivity index (χ4v) is 7.06. The Morgan fingerprint density at radius 2 is 1.90 bits per heavy atom. The number of benzene rings is 1. The fourth-order valence-electron chi connectivity index (χ4n) is 6.51. The molecule has 2 fully saturated rings. The highest BCUT2D eigenvalue weighted by atomic mass is 79.9. The van der Waals surface area contributed by atoms with Gasteiger partial charge in [-0.3, -0.25) is 9.59 Å². The first-order chi connectivity index (χ1) is 19.6. The summed E-state index contributed by atoms with van der Waals surface area (Å²) in [5, 5.41) is 6.57. The van der Waals surface area contributed by atoms with Gasteiger partial charge in [-0.1, -0.05) is 11.6 Å². The van der Waals surface area contributed by atoms with Gasteiger partial charge in [-0.2, -0.15) is 22.7 Å². The summed E-state index contributed by atoms with van der Waals surface area (Å²) >= 11 is 9.29. The molecule has 3 aliphatic rings. The molecule has 15 heteroatoms. The Kier molecular flexibility index (Phi) is 6.69. The minimum Gasteiger partial charge on any atom is -0.444 e. The summed E-state index contributed by atoms with van der Waals surface area (Å²) in [4.78, 5) is 45.9. The Balaban J connectivity index is 1.33. The van der Waals surface area contributed by atoms with Crippen LogP contribution in [-0.4, -0.2) is 54.8 Å². The third-order valence-electron chi connectivity index (χ3n) is 8.29. The number of carbonyl (C=O) groups excluding carboxylic acids is 2. The number of amides is 2. The number of piperidine rings is 1. The van der Waals surface area contributed by atoms with Gasteiger partial charge < -0.3 is 19.5 Å². The number of hydrogen-bond donors (Lipinski definition) is 1. The van der Waals surface area contributed by atoms with Crippen LogP contribution < -0.4 is 10.9 Å². The lowest BCUT2D eigenvalue weighted by Crippen LogP contribution is -2.49. The molecular weight excluding hydrogens is 645 g/mol. The van der Waals surface area contributed by atoms with Crippen LogP contribution in [-0.2, 0) is 27.7 Å². The second-order valence-corrected chi connectivity index (χ2v) is 13.2. The first-order valence-corrected chi connectivity index (χ1v) is 14.6. The quantitative estimate of drug-likeness (QED) is 0.402. The van der Waals surface area contributed by atoms with Gasteiger partial charge in [0.25, 0.3) is 5.56 Å². The molecule has 1 aliphatic heterocycles. The van der Waals surface area contributed by atoms with Crippen molar-refractivity contribution in [1.82, 2.24) is 24.1 Å². The number of halogens is 5. The highest BCUT2D eigenvalue weighted by Crippen LogP contribution is 2.67. The fraction of sp³-hybridized carbons (Fsp3) is 0.519. The maximum atomic E-state index is 13.9. The van der Waals surface area contributed by atoms with E-state index in [4.69, 9.17) is 16.3 Å². The van der Waals surface area contributed by atoms with Gasteiger partial charge in [0.05, 0.1) is 16.3 Å². The summed E-state index contributed by atoms with van der Waals surface area (Å²) in [6.07, 6.45) is -3.02. The lowest BCUT2D eigenvalue weighted by molar-refractivity contribution is -0.137. The summed E-state index contributed by atoms with van der Waals surface area (Å²) in [7, 11) is 0. The molecule has 42 heavy (non-hydrogen) atoms. The van der Waals surface area contributed by atoms with Gasteiger partial charge >= 0.3 is 12.3 Å². The zero-order valence-electron chi connectivity index (χ0n) is 22.9. The molecule has 10 nitrogen and oxygen atoms in total. The Hall–Kier alpha value is -3.13. The first-order valence-electron chi connectivity index (χ1n) is 13.4. The molecule has 2 atom stereocenters. The van der Waals surface area contributed by atoms with Crippen molar-refractivity contribution in [3.05, 3.63) is 55.1 Å². The highest BCUT2D eigenvalue weighted by Gasteiger charge is 2.64. The minimum absolute atomic E-state index is 0.0290. The Morgan fingerprint density at radius 3 is 2.52 bits per heavy atom. The van der Waals surface area contributed by atoms with Gasteiger partial charge in [-0.25, -0.2) is 4.79 Å². The van der Waals surface area contributed by atoms with E-state index in [9.17, 15) is 27.6 Å². The summed E-state index contributed by atoms with van der Waals surface area (Å²) < 4.78 is 47.7. The topological polar surface area (TPSA) is 111 Å². The Bertz CT molecular complexity index is 1690. The molecule has 3 heterocycles. The smallest absolute Gasteiger partial charge is 0.416 e. The minimum atomic E-state index is -4.57. The number of nitrogens with zero attached hydrogens (tertiary/aromatic N) is 5. The lowest BCUT2D eigenvalue weighted by atomic mass is 9.71. The summed E-state index contributed by atoms with van der Waals surface area (Å²) in [6, 6.07) is 2.70. The molecule has 1 saturated heterocycles. The standard InChI is InChI=1S/C27H27BrClF3N6O4/c1-25(2,3)42-24(41)36-8-6-26(7-9-36)15-11-14(15)20-19(26)21(40)38-23(34-22(28)35-38)37(20)12-18(39)33-17-5-4-13(10-16(17)29)27(30,31)32/h4-5,10,14-15H,6-9,11-12H2,1-3H3,(H,33,39). The van der Waals surface area contributed by atoms with Crippen LogP contribution in [0.15, 0.2) is 27.7 Å². The number of rotatable bonds is 3. The van der Waals surface area contributed by atoms with Crippen molar-refractivity contribution < 1.29 is 27.5 Å². The van der Waals surface area contributed by atoms with Gasteiger partial charge in [-0.05, 0) is 80.1 Å². The second kappa shape index (κ2) is 9.69. The van der Waals surface area contributed by atoms with Crippen LogP contribution in [0.25, 0.3) is 5.78 Å². The van der Waals surface area contributed by atoms with Crippen molar-refractivity contribution in [2.24, 2.45) is 5.92 Å². The first kappa shape index (κ1) is 29.0. The van der Waals surface area contributed by atoms with Gasteiger partial charge in [0.15, 0.2) is 0 Å². The Morgan fingerprint density at radius 1 is 1.21 bits per heavy atom. The normalized spacial score (nSPS) is 20.9. The predicted octanol–water partition coefficient (Wildman–Crippen LogP) is 5.35. The van der Waals surface area contributed by atoms with E-state index in [0.29, 0.717) is 31.5 Å². The van der Waals surface area contributed by atoms with E-state index in [2.05, 4.69) is 31.3 Å². The molecular formula is C27H27BrClF3N6O4. The molecule has 2 amide bonds. The molecule has 2 unspecified atom stereocenters.